The van der Waals surface area contributed by atoms with Crippen molar-refractivity contribution in [2.24, 2.45) is 0 Å². The fourth-order valence-electron chi connectivity index (χ4n) is 6.81. The molecular formula is C46H28O. The van der Waals surface area contributed by atoms with Crippen molar-refractivity contribution in [1.29, 1.82) is 0 Å². The zero-order valence-electron chi connectivity index (χ0n) is 39.4. The highest BCUT2D eigenvalue weighted by Gasteiger charge is 2.20. The average molecular weight is 612 g/mol. The fourth-order valence-corrected chi connectivity index (χ4v) is 6.81. The highest BCUT2D eigenvalue weighted by atomic mass is 16.3. The first-order valence-corrected chi connectivity index (χ1v) is 15.0. The van der Waals surface area contributed by atoms with Crippen molar-refractivity contribution in [2.75, 3.05) is 0 Å². The molecular weight excluding hydrogens is 569 g/mol. The smallest absolute Gasteiger partial charge is 0.136 e. The maximum absolute atomic E-state index is 9.48. The van der Waals surface area contributed by atoms with E-state index in [1.807, 2.05) is 66.7 Å². The van der Waals surface area contributed by atoms with Crippen LogP contribution in [0, 0.1) is 0 Å². The minimum absolute atomic E-state index is 0.0363. The first-order chi connectivity index (χ1) is 29.6. The van der Waals surface area contributed by atoms with Crippen LogP contribution in [0.4, 0.5) is 0 Å². The predicted octanol–water partition coefficient (Wildman–Crippen LogP) is 13.2. The molecule has 0 amide bonds. The molecule has 0 bridgehead atoms. The van der Waals surface area contributed by atoms with Gasteiger partial charge in [0.25, 0.3) is 0 Å². The third kappa shape index (κ3) is 3.90. The summed E-state index contributed by atoms with van der Waals surface area (Å²) < 4.78 is 141. The van der Waals surface area contributed by atoms with Gasteiger partial charge in [0.2, 0.25) is 0 Å². The third-order valence-electron chi connectivity index (χ3n) is 8.82. The molecule has 1 heteroatoms. The largest absolute Gasteiger partial charge is 0.456 e. The molecule has 10 rings (SSSR count). The van der Waals surface area contributed by atoms with Gasteiger partial charge in [0.1, 0.15) is 11.2 Å². The number of furan rings is 1. The lowest BCUT2D eigenvalue weighted by Gasteiger charge is -2.20. The van der Waals surface area contributed by atoms with Gasteiger partial charge in [-0.15, -0.1) is 0 Å². The Morgan fingerprint density at radius 2 is 0.894 bits per heavy atom. The zero-order chi connectivity index (χ0) is 44.0. The van der Waals surface area contributed by atoms with Crippen LogP contribution >= 0.6 is 0 Å². The summed E-state index contributed by atoms with van der Waals surface area (Å²) in [6.45, 7) is 0. The summed E-state index contributed by atoms with van der Waals surface area (Å²) in [5, 5.41) is 1.37. The molecule has 47 heavy (non-hydrogen) atoms. The van der Waals surface area contributed by atoms with Crippen molar-refractivity contribution in [3.05, 3.63) is 169 Å². The lowest BCUT2D eigenvalue weighted by molar-refractivity contribution is 0.669. The van der Waals surface area contributed by atoms with Gasteiger partial charge >= 0.3 is 0 Å². The minimum atomic E-state index is -0.757. The molecule has 1 heterocycles. The number of rotatable bonds is 3. The highest BCUT2D eigenvalue weighted by molar-refractivity contribution is 6.25. The first kappa shape index (κ1) is 15.4. The monoisotopic (exact) mass is 611 g/mol. The average Bonchev–Trinajstić information content (AvgIpc) is 3.66. The summed E-state index contributed by atoms with van der Waals surface area (Å²) in [5.41, 5.74) is 2.57. The van der Waals surface area contributed by atoms with Gasteiger partial charge in [-0.05, 0) is 94.7 Å². The Bertz CT molecular complexity index is 3620. The maximum Gasteiger partial charge on any atom is 0.136 e. The minimum Gasteiger partial charge on any atom is -0.456 e. The van der Waals surface area contributed by atoms with E-state index in [1.54, 1.807) is 12.1 Å². The van der Waals surface area contributed by atoms with Crippen LogP contribution in [0.3, 0.4) is 0 Å². The van der Waals surface area contributed by atoms with Gasteiger partial charge in [-0.25, -0.2) is 0 Å². The zero-order valence-corrected chi connectivity index (χ0v) is 24.4. The van der Waals surface area contributed by atoms with Gasteiger partial charge < -0.3 is 4.42 Å². The van der Waals surface area contributed by atoms with Crippen molar-refractivity contribution >= 4 is 65.0 Å². The van der Waals surface area contributed by atoms with Gasteiger partial charge in [-0.2, -0.15) is 0 Å². The van der Waals surface area contributed by atoms with Gasteiger partial charge in [-0.3, -0.25) is 0 Å². The Morgan fingerprint density at radius 3 is 1.62 bits per heavy atom. The van der Waals surface area contributed by atoms with E-state index in [1.165, 1.54) is 0 Å². The number of benzene rings is 9. The molecule has 0 spiro atoms. The standard InChI is InChI=1S/C46H28O/c1-2-14-31-29(12-1)13-11-22-37(31)45-38-18-5-7-20-40(38)46(41-21-8-6-19-39(41)45)42-27-26-32(33-15-3-4-16-34(33)42)30-24-25-36-35-17-9-10-23-43(35)47-44(36)28-30/h1-28H/i1D,2D,5D,6D,7D,8D,11D,12D,13D,14D,18D,19D,20D,21D,22D. The molecule has 0 unspecified atom stereocenters. The number of para-hydroxylation sites is 1. The molecule has 0 saturated carbocycles. The summed E-state index contributed by atoms with van der Waals surface area (Å²) in [6.07, 6.45) is 0. The van der Waals surface area contributed by atoms with Crippen LogP contribution in [0.5, 0.6) is 0 Å². The Balaban J connectivity index is 1.43. The van der Waals surface area contributed by atoms with E-state index in [0.717, 1.165) is 27.5 Å². The number of hydrogen-bond acceptors (Lipinski definition) is 1. The van der Waals surface area contributed by atoms with Crippen molar-refractivity contribution in [3.8, 4) is 33.4 Å². The quantitative estimate of drug-likeness (QED) is 0.181. The van der Waals surface area contributed by atoms with Crippen LogP contribution in [0.25, 0.3) is 98.4 Å². The van der Waals surface area contributed by atoms with E-state index in [0.29, 0.717) is 21.9 Å². The second kappa shape index (κ2) is 10.2. The van der Waals surface area contributed by atoms with Crippen LogP contribution in [0.1, 0.15) is 20.6 Å². The Hall–Kier alpha value is -6.18. The summed E-state index contributed by atoms with van der Waals surface area (Å²) in [4.78, 5) is 0. The van der Waals surface area contributed by atoms with E-state index in [9.17, 15) is 6.85 Å². The van der Waals surface area contributed by atoms with E-state index in [-0.39, 0.29) is 32.7 Å². The number of hydrogen-bond donors (Lipinski definition) is 0. The first-order valence-electron chi connectivity index (χ1n) is 22.5. The summed E-state index contributed by atoms with van der Waals surface area (Å²) in [6, 6.07) is 14.3. The lowest BCUT2D eigenvalue weighted by atomic mass is 9.83. The highest BCUT2D eigenvalue weighted by Crippen LogP contribution is 2.47. The molecule has 0 aliphatic rings. The van der Waals surface area contributed by atoms with Gasteiger partial charge in [-0.1, -0.05) is 151 Å². The predicted molar refractivity (Wildman–Crippen MR) is 200 cm³/mol. The number of fused-ring (bicyclic) bond motifs is 7. The molecule has 0 N–H and O–H groups in total. The summed E-state index contributed by atoms with van der Waals surface area (Å²) in [5.74, 6) is 0. The SMILES string of the molecule is [2H]c1c([2H])c([2H])c2c(-c3c4c([2H])c([2H])c([2H])c([2H])c4c(-c4ccc(-c5ccc6c(c5)oc5ccccc56)c5ccccc45)c4c([2H])c([2H])c([2H])c([2H])c34)c([2H])c([2H])c([2H])c2c1[2H]. The lowest BCUT2D eigenvalue weighted by Crippen LogP contribution is -1.93. The second-order valence-electron chi connectivity index (χ2n) is 11.3. The van der Waals surface area contributed by atoms with E-state index in [4.69, 9.17) is 18.1 Å². The van der Waals surface area contributed by atoms with Gasteiger partial charge in [0.05, 0.1) is 20.6 Å². The molecule has 10 aromatic rings. The molecule has 1 nitrogen and oxygen atoms in total. The molecule has 0 aliphatic carbocycles. The molecule has 218 valence electrons. The molecule has 9 aromatic carbocycles. The van der Waals surface area contributed by atoms with Gasteiger partial charge in [0, 0.05) is 10.8 Å². The van der Waals surface area contributed by atoms with Crippen LogP contribution in [-0.4, -0.2) is 0 Å². The molecule has 0 radical (unpaired) electrons. The Kier molecular flexibility index (Phi) is 3.33. The van der Waals surface area contributed by atoms with E-state index >= 15 is 0 Å². The van der Waals surface area contributed by atoms with Crippen LogP contribution in [0.15, 0.2) is 174 Å². The molecule has 0 atom stereocenters. The van der Waals surface area contributed by atoms with Crippen LogP contribution < -0.4 is 0 Å². The topological polar surface area (TPSA) is 13.1 Å². The summed E-state index contributed by atoms with van der Waals surface area (Å²) >= 11 is 0. The van der Waals surface area contributed by atoms with Crippen molar-refractivity contribution in [3.63, 3.8) is 0 Å². The summed E-state index contributed by atoms with van der Waals surface area (Å²) in [7, 11) is 0. The molecule has 0 aliphatic heterocycles. The third-order valence-corrected chi connectivity index (χ3v) is 8.82. The van der Waals surface area contributed by atoms with Crippen LogP contribution in [0.2, 0.25) is 0 Å². The second-order valence-corrected chi connectivity index (χ2v) is 11.3. The normalized spacial score (nSPS) is 16.3. The fraction of sp³-hybridized carbons (Fsp3) is 0. The molecule has 1 aromatic heterocycles. The van der Waals surface area contributed by atoms with Gasteiger partial charge in [0.15, 0.2) is 0 Å². The Labute approximate surface area is 293 Å². The van der Waals surface area contributed by atoms with Crippen LogP contribution in [-0.2, 0) is 0 Å². The Morgan fingerprint density at radius 1 is 0.362 bits per heavy atom. The van der Waals surface area contributed by atoms with Crippen molar-refractivity contribution in [2.45, 2.75) is 0 Å². The van der Waals surface area contributed by atoms with Crippen molar-refractivity contribution in [1.82, 2.24) is 0 Å². The van der Waals surface area contributed by atoms with E-state index in [2.05, 4.69) is 0 Å². The maximum atomic E-state index is 9.48. The van der Waals surface area contributed by atoms with Crippen molar-refractivity contribution < 1.29 is 25.0 Å². The van der Waals surface area contributed by atoms with E-state index < -0.39 is 107 Å². The molecule has 0 saturated heterocycles. The molecule has 0 fully saturated rings.